The van der Waals surface area contributed by atoms with Crippen molar-refractivity contribution in [1.82, 2.24) is 9.03 Å². The largest absolute Gasteiger partial charge is 0.280 e. The van der Waals surface area contributed by atoms with Crippen LogP contribution in [0.3, 0.4) is 0 Å². The minimum Gasteiger partial charge on any atom is -0.195 e. The van der Waals surface area contributed by atoms with Crippen molar-refractivity contribution in [1.29, 1.82) is 0 Å². The van der Waals surface area contributed by atoms with E-state index in [0.717, 1.165) is 0 Å². The van der Waals surface area contributed by atoms with Gasteiger partial charge in [-0.1, -0.05) is 20.8 Å². The molecule has 4 nitrogen and oxygen atoms in total. The van der Waals surface area contributed by atoms with E-state index in [1.165, 1.54) is 4.31 Å². The maximum absolute atomic E-state index is 12.0. The Kier molecular flexibility index (Phi) is 7.21. The van der Waals surface area contributed by atoms with Crippen LogP contribution in [0.1, 0.15) is 27.2 Å². The highest BCUT2D eigenvalue weighted by atomic mass is 35.5. The van der Waals surface area contributed by atoms with Crippen LogP contribution < -0.4 is 4.72 Å². The minimum absolute atomic E-state index is 0.160. The fourth-order valence-electron chi connectivity index (χ4n) is 1.25. The summed E-state index contributed by atoms with van der Waals surface area (Å²) in [6, 6.07) is 0. The van der Waals surface area contributed by atoms with Crippen molar-refractivity contribution in [2.24, 2.45) is 0 Å². The first-order chi connectivity index (χ1) is 7.41. The summed E-state index contributed by atoms with van der Waals surface area (Å²) in [5.74, 6) is 0.320. The Morgan fingerprint density at radius 3 is 1.81 bits per heavy atom. The number of halogens is 2. The molecule has 0 rings (SSSR count). The van der Waals surface area contributed by atoms with Gasteiger partial charge in [-0.05, 0) is 6.42 Å². The second-order valence-corrected chi connectivity index (χ2v) is 5.80. The first-order valence-electron chi connectivity index (χ1n) is 5.32. The van der Waals surface area contributed by atoms with Crippen LogP contribution >= 0.6 is 23.2 Å². The van der Waals surface area contributed by atoms with Gasteiger partial charge in [0, 0.05) is 24.8 Å². The Balaban J connectivity index is 4.92. The minimum atomic E-state index is -3.50. The highest BCUT2D eigenvalue weighted by Gasteiger charge is 2.33. The van der Waals surface area contributed by atoms with Gasteiger partial charge in [0.1, 0.15) is 0 Å². The topological polar surface area (TPSA) is 49.4 Å². The van der Waals surface area contributed by atoms with Gasteiger partial charge in [-0.3, -0.25) is 0 Å². The van der Waals surface area contributed by atoms with Gasteiger partial charge >= 0.3 is 0 Å². The molecule has 0 aliphatic carbocycles. The molecule has 0 heterocycles. The van der Waals surface area contributed by atoms with Crippen molar-refractivity contribution in [3.63, 3.8) is 0 Å². The molecule has 0 aromatic carbocycles. The summed E-state index contributed by atoms with van der Waals surface area (Å²) >= 11 is 11.6. The van der Waals surface area contributed by atoms with E-state index in [1.54, 1.807) is 13.8 Å². The third-order valence-corrected chi connectivity index (χ3v) is 5.49. The molecule has 0 saturated carbocycles. The van der Waals surface area contributed by atoms with Crippen LogP contribution in [0, 0.1) is 0 Å². The van der Waals surface area contributed by atoms with Crippen LogP contribution in [-0.4, -0.2) is 43.1 Å². The standard InChI is InChI=1S/C9H20Cl2N2O2S/c1-4-9(7-10,8-11)12-16(14,15)13(5-2)6-3/h12H,4-8H2,1-3H3. The van der Waals surface area contributed by atoms with Crippen molar-refractivity contribution in [3.8, 4) is 0 Å². The molecule has 98 valence electrons. The van der Waals surface area contributed by atoms with E-state index in [-0.39, 0.29) is 11.8 Å². The van der Waals surface area contributed by atoms with Gasteiger partial charge < -0.3 is 0 Å². The summed E-state index contributed by atoms with van der Waals surface area (Å²) in [6.07, 6.45) is 0.556. The molecule has 0 saturated heterocycles. The molecule has 0 aromatic heterocycles. The predicted octanol–water partition coefficient (Wildman–Crippen LogP) is 1.79. The molecule has 7 heteroatoms. The number of hydrogen-bond acceptors (Lipinski definition) is 2. The molecule has 0 aliphatic rings. The zero-order valence-corrected chi connectivity index (χ0v) is 12.3. The Hall–Kier alpha value is 0.450. The van der Waals surface area contributed by atoms with Gasteiger partial charge in [-0.2, -0.15) is 17.4 Å². The molecule has 0 atom stereocenters. The second-order valence-electron chi connectivity index (χ2n) is 3.59. The fourth-order valence-corrected chi connectivity index (χ4v) is 3.85. The SMILES string of the molecule is CCN(CC)S(=O)(=O)NC(CC)(CCl)CCl. The summed E-state index contributed by atoms with van der Waals surface area (Å²) in [4.78, 5) is 0. The molecule has 0 aromatic rings. The Bertz CT molecular complexity index is 280. The number of nitrogens with zero attached hydrogens (tertiary/aromatic N) is 1. The normalized spacial score (nSPS) is 13.4. The fraction of sp³-hybridized carbons (Fsp3) is 1.00. The zero-order chi connectivity index (χ0) is 12.8. The summed E-state index contributed by atoms with van der Waals surface area (Å²) < 4.78 is 27.9. The van der Waals surface area contributed by atoms with Crippen LogP contribution in [0.4, 0.5) is 0 Å². The zero-order valence-electron chi connectivity index (χ0n) is 9.96. The van der Waals surface area contributed by atoms with Crippen molar-refractivity contribution in [2.75, 3.05) is 24.8 Å². The van der Waals surface area contributed by atoms with E-state index in [2.05, 4.69) is 4.72 Å². The van der Waals surface area contributed by atoms with E-state index < -0.39 is 15.7 Å². The maximum Gasteiger partial charge on any atom is 0.280 e. The quantitative estimate of drug-likeness (QED) is 0.693. The number of rotatable bonds is 8. The molecule has 0 fully saturated rings. The lowest BCUT2D eigenvalue weighted by molar-refractivity contribution is 0.393. The van der Waals surface area contributed by atoms with Gasteiger partial charge in [-0.25, -0.2) is 0 Å². The van der Waals surface area contributed by atoms with Crippen LogP contribution in [0.2, 0.25) is 0 Å². The van der Waals surface area contributed by atoms with E-state index in [1.807, 2.05) is 6.92 Å². The lowest BCUT2D eigenvalue weighted by atomic mass is 10.0. The van der Waals surface area contributed by atoms with Crippen LogP contribution in [0.15, 0.2) is 0 Å². The van der Waals surface area contributed by atoms with Gasteiger partial charge in [-0.15, -0.1) is 23.2 Å². The monoisotopic (exact) mass is 290 g/mol. The van der Waals surface area contributed by atoms with Crippen molar-refractivity contribution in [2.45, 2.75) is 32.7 Å². The summed E-state index contributed by atoms with van der Waals surface area (Å²) in [6.45, 7) is 6.29. The van der Waals surface area contributed by atoms with Crippen LogP contribution in [-0.2, 0) is 10.2 Å². The Morgan fingerprint density at radius 2 is 1.56 bits per heavy atom. The van der Waals surface area contributed by atoms with Crippen molar-refractivity contribution >= 4 is 33.4 Å². The van der Waals surface area contributed by atoms with E-state index in [9.17, 15) is 8.42 Å². The first kappa shape index (κ1) is 16.4. The molecule has 16 heavy (non-hydrogen) atoms. The molecule has 0 aliphatic heterocycles. The van der Waals surface area contributed by atoms with E-state index in [4.69, 9.17) is 23.2 Å². The number of nitrogens with one attached hydrogen (secondary N) is 1. The highest BCUT2D eigenvalue weighted by Crippen LogP contribution is 2.17. The predicted molar refractivity (Wildman–Crippen MR) is 69.4 cm³/mol. The maximum atomic E-state index is 12.0. The number of alkyl halides is 2. The van der Waals surface area contributed by atoms with Gasteiger partial charge in [0.2, 0.25) is 0 Å². The van der Waals surface area contributed by atoms with Crippen LogP contribution in [0.5, 0.6) is 0 Å². The van der Waals surface area contributed by atoms with Gasteiger partial charge in [0.15, 0.2) is 0 Å². The third-order valence-electron chi connectivity index (χ3n) is 2.58. The van der Waals surface area contributed by atoms with Crippen molar-refractivity contribution < 1.29 is 8.42 Å². The average Bonchev–Trinajstić information content (AvgIpc) is 2.27. The molecular weight excluding hydrogens is 271 g/mol. The van der Waals surface area contributed by atoms with Gasteiger partial charge in [0.25, 0.3) is 10.2 Å². The lowest BCUT2D eigenvalue weighted by Gasteiger charge is -2.31. The Labute approximate surface area is 108 Å². The van der Waals surface area contributed by atoms with Crippen LogP contribution in [0.25, 0.3) is 0 Å². The van der Waals surface area contributed by atoms with E-state index in [0.29, 0.717) is 19.5 Å². The average molecular weight is 291 g/mol. The first-order valence-corrected chi connectivity index (χ1v) is 7.83. The summed E-state index contributed by atoms with van der Waals surface area (Å²) in [5.41, 5.74) is -0.759. The molecule has 0 unspecified atom stereocenters. The highest BCUT2D eigenvalue weighted by molar-refractivity contribution is 7.87. The molecular formula is C9H20Cl2N2O2S. The van der Waals surface area contributed by atoms with E-state index >= 15 is 0 Å². The summed E-state index contributed by atoms with van der Waals surface area (Å²) in [5, 5.41) is 0. The Morgan fingerprint density at radius 1 is 1.12 bits per heavy atom. The summed E-state index contributed by atoms with van der Waals surface area (Å²) in [7, 11) is -3.50. The smallest absolute Gasteiger partial charge is 0.195 e. The molecule has 0 bridgehead atoms. The lowest BCUT2D eigenvalue weighted by Crippen LogP contribution is -2.55. The molecule has 0 amide bonds. The molecule has 0 radical (unpaired) electrons. The number of hydrogen-bond donors (Lipinski definition) is 1. The second kappa shape index (κ2) is 7.01. The third kappa shape index (κ3) is 4.04. The molecule has 1 N–H and O–H groups in total. The molecule has 0 spiro atoms. The van der Waals surface area contributed by atoms with Gasteiger partial charge in [0.05, 0.1) is 5.54 Å². The van der Waals surface area contributed by atoms with Crippen molar-refractivity contribution in [3.05, 3.63) is 0 Å².